The molecule has 0 aliphatic carbocycles. The summed E-state index contributed by atoms with van der Waals surface area (Å²) in [5.41, 5.74) is 0.919. The van der Waals surface area contributed by atoms with Crippen LogP contribution in [0.15, 0.2) is 29.0 Å². The summed E-state index contributed by atoms with van der Waals surface area (Å²) in [4.78, 5) is 16.2. The SMILES string of the molecule is O=C(NCc1ccc(F)c(Cl)c1)c1ncoc1C1CCCO1. The van der Waals surface area contributed by atoms with Crippen molar-refractivity contribution in [1.29, 1.82) is 0 Å². The first-order chi connectivity index (χ1) is 10.6. The number of carbonyl (C=O) groups is 1. The Morgan fingerprint density at radius 3 is 3.09 bits per heavy atom. The van der Waals surface area contributed by atoms with Crippen LogP contribution in [0.1, 0.15) is 40.8 Å². The van der Waals surface area contributed by atoms with E-state index in [0.717, 1.165) is 12.8 Å². The summed E-state index contributed by atoms with van der Waals surface area (Å²) in [6.07, 6.45) is 2.76. The summed E-state index contributed by atoms with van der Waals surface area (Å²) in [6, 6.07) is 4.30. The minimum Gasteiger partial charge on any atom is -0.445 e. The molecule has 1 fully saturated rings. The summed E-state index contributed by atoms with van der Waals surface area (Å²) in [6.45, 7) is 0.872. The molecule has 0 spiro atoms. The maximum atomic E-state index is 13.1. The predicted molar refractivity (Wildman–Crippen MR) is 77.0 cm³/mol. The van der Waals surface area contributed by atoms with Crippen molar-refractivity contribution in [3.8, 4) is 0 Å². The highest BCUT2D eigenvalue weighted by Crippen LogP contribution is 2.30. The van der Waals surface area contributed by atoms with E-state index in [9.17, 15) is 9.18 Å². The molecule has 1 aromatic carbocycles. The third-order valence-electron chi connectivity index (χ3n) is 3.47. The van der Waals surface area contributed by atoms with E-state index in [1.165, 1.54) is 18.5 Å². The van der Waals surface area contributed by atoms with Gasteiger partial charge < -0.3 is 14.5 Å². The number of aromatic nitrogens is 1. The third kappa shape index (κ3) is 3.13. The molecule has 1 aliphatic rings. The van der Waals surface area contributed by atoms with Gasteiger partial charge in [-0.05, 0) is 30.5 Å². The number of amides is 1. The number of hydrogen-bond acceptors (Lipinski definition) is 4. The van der Waals surface area contributed by atoms with Crippen LogP contribution in [0.2, 0.25) is 5.02 Å². The third-order valence-corrected chi connectivity index (χ3v) is 3.76. The van der Waals surface area contributed by atoms with Gasteiger partial charge in [0.1, 0.15) is 11.9 Å². The smallest absolute Gasteiger partial charge is 0.273 e. The summed E-state index contributed by atoms with van der Waals surface area (Å²) < 4.78 is 23.9. The maximum Gasteiger partial charge on any atom is 0.273 e. The number of halogens is 2. The van der Waals surface area contributed by atoms with Gasteiger partial charge in [0.2, 0.25) is 0 Å². The molecule has 5 nitrogen and oxygen atoms in total. The number of carbonyl (C=O) groups excluding carboxylic acids is 1. The topological polar surface area (TPSA) is 64.4 Å². The fraction of sp³-hybridized carbons (Fsp3) is 0.333. The fourth-order valence-corrected chi connectivity index (χ4v) is 2.56. The van der Waals surface area contributed by atoms with E-state index >= 15 is 0 Å². The Morgan fingerprint density at radius 2 is 2.36 bits per heavy atom. The highest BCUT2D eigenvalue weighted by Gasteiger charge is 2.27. The lowest BCUT2D eigenvalue weighted by Gasteiger charge is -2.08. The molecule has 0 radical (unpaired) electrons. The number of oxazole rings is 1. The molecule has 1 unspecified atom stereocenters. The first-order valence-corrected chi connectivity index (χ1v) is 7.30. The number of nitrogens with zero attached hydrogens (tertiary/aromatic N) is 1. The van der Waals surface area contributed by atoms with Crippen molar-refractivity contribution >= 4 is 17.5 Å². The van der Waals surface area contributed by atoms with Crippen LogP contribution < -0.4 is 5.32 Å². The zero-order valence-corrected chi connectivity index (χ0v) is 12.4. The Balaban J connectivity index is 1.67. The van der Waals surface area contributed by atoms with E-state index in [1.807, 2.05) is 0 Å². The molecule has 0 bridgehead atoms. The molecule has 1 atom stereocenters. The molecule has 1 aromatic heterocycles. The number of rotatable bonds is 4. The Kier molecular flexibility index (Phi) is 4.40. The first-order valence-electron chi connectivity index (χ1n) is 6.92. The van der Waals surface area contributed by atoms with E-state index in [-0.39, 0.29) is 29.3 Å². The highest BCUT2D eigenvalue weighted by atomic mass is 35.5. The molecule has 1 aliphatic heterocycles. The fourth-order valence-electron chi connectivity index (χ4n) is 2.35. The summed E-state index contributed by atoms with van der Waals surface area (Å²) in [5, 5.41) is 2.74. The zero-order chi connectivity index (χ0) is 15.5. The molecule has 116 valence electrons. The average molecular weight is 325 g/mol. The van der Waals surface area contributed by atoms with Gasteiger partial charge in [-0.2, -0.15) is 0 Å². The first kappa shape index (κ1) is 15.0. The van der Waals surface area contributed by atoms with E-state index in [2.05, 4.69) is 10.3 Å². The van der Waals surface area contributed by atoms with Crippen LogP contribution in [0.5, 0.6) is 0 Å². The number of nitrogens with one attached hydrogen (secondary N) is 1. The average Bonchev–Trinajstić information content (AvgIpc) is 3.18. The monoisotopic (exact) mass is 324 g/mol. The van der Waals surface area contributed by atoms with E-state index < -0.39 is 5.82 Å². The predicted octanol–water partition coefficient (Wildman–Crippen LogP) is 3.25. The van der Waals surface area contributed by atoms with Crippen molar-refractivity contribution in [3.63, 3.8) is 0 Å². The largest absolute Gasteiger partial charge is 0.445 e. The van der Waals surface area contributed by atoms with E-state index in [0.29, 0.717) is 17.9 Å². The van der Waals surface area contributed by atoms with Crippen LogP contribution in [-0.2, 0) is 11.3 Å². The number of benzene rings is 1. The zero-order valence-electron chi connectivity index (χ0n) is 11.6. The number of ether oxygens (including phenoxy) is 1. The molecule has 1 amide bonds. The molecular weight excluding hydrogens is 311 g/mol. The van der Waals surface area contributed by atoms with Crippen molar-refractivity contribution in [2.24, 2.45) is 0 Å². The van der Waals surface area contributed by atoms with Crippen molar-refractivity contribution in [3.05, 3.63) is 52.5 Å². The van der Waals surface area contributed by atoms with E-state index in [4.69, 9.17) is 20.8 Å². The molecule has 3 rings (SSSR count). The lowest BCUT2D eigenvalue weighted by atomic mass is 10.1. The molecule has 0 saturated carbocycles. The van der Waals surface area contributed by atoms with Crippen LogP contribution in [0.3, 0.4) is 0 Å². The number of hydrogen-bond donors (Lipinski definition) is 1. The molecule has 2 heterocycles. The molecule has 1 N–H and O–H groups in total. The van der Waals surface area contributed by atoms with Gasteiger partial charge in [0.15, 0.2) is 17.8 Å². The Morgan fingerprint density at radius 1 is 1.50 bits per heavy atom. The van der Waals surface area contributed by atoms with Crippen LogP contribution in [-0.4, -0.2) is 17.5 Å². The normalized spacial score (nSPS) is 17.6. The summed E-state index contributed by atoms with van der Waals surface area (Å²) in [5.74, 6) is -0.402. The highest BCUT2D eigenvalue weighted by molar-refractivity contribution is 6.30. The van der Waals surface area contributed by atoms with E-state index in [1.54, 1.807) is 6.07 Å². The second-order valence-electron chi connectivity index (χ2n) is 5.00. The second kappa shape index (κ2) is 6.46. The van der Waals surface area contributed by atoms with Crippen LogP contribution in [0.4, 0.5) is 4.39 Å². The Labute approximate surface area is 131 Å². The van der Waals surface area contributed by atoms with Crippen molar-refractivity contribution in [2.75, 3.05) is 6.61 Å². The second-order valence-corrected chi connectivity index (χ2v) is 5.41. The minimum atomic E-state index is -0.492. The van der Waals surface area contributed by atoms with Gasteiger partial charge >= 0.3 is 0 Å². The van der Waals surface area contributed by atoms with Gasteiger partial charge in [0.25, 0.3) is 5.91 Å². The van der Waals surface area contributed by atoms with Gasteiger partial charge in [-0.15, -0.1) is 0 Å². The van der Waals surface area contributed by atoms with Crippen LogP contribution in [0, 0.1) is 5.82 Å². The molecule has 7 heteroatoms. The minimum absolute atomic E-state index is 0.0215. The quantitative estimate of drug-likeness (QED) is 0.937. The molecule has 22 heavy (non-hydrogen) atoms. The Hall–Kier alpha value is -1.92. The summed E-state index contributed by atoms with van der Waals surface area (Å²) in [7, 11) is 0. The molecule has 2 aromatic rings. The van der Waals surface area contributed by atoms with Gasteiger partial charge in [0, 0.05) is 13.2 Å². The van der Waals surface area contributed by atoms with Gasteiger partial charge in [-0.3, -0.25) is 4.79 Å². The van der Waals surface area contributed by atoms with Crippen molar-refractivity contribution in [2.45, 2.75) is 25.5 Å². The van der Waals surface area contributed by atoms with Crippen molar-refractivity contribution in [1.82, 2.24) is 10.3 Å². The maximum absolute atomic E-state index is 13.1. The van der Waals surface area contributed by atoms with Crippen LogP contribution >= 0.6 is 11.6 Å². The van der Waals surface area contributed by atoms with Gasteiger partial charge in [-0.1, -0.05) is 17.7 Å². The van der Waals surface area contributed by atoms with Crippen molar-refractivity contribution < 1.29 is 18.3 Å². The molecular formula is C15H14ClFN2O3. The van der Waals surface area contributed by atoms with Crippen LogP contribution in [0.25, 0.3) is 0 Å². The molecule has 1 saturated heterocycles. The van der Waals surface area contributed by atoms with Gasteiger partial charge in [-0.25, -0.2) is 9.37 Å². The standard InChI is InChI=1S/C15H14ClFN2O3/c16-10-6-9(3-4-11(10)17)7-18-15(20)13-14(22-8-19-13)12-2-1-5-21-12/h3-4,6,8,12H,1-2,5,7H2,(H,18,20). The van der Waals surface area contributed by atoms with Gasteiger partial charge in [0.05, 0.1) is 5.02 Å². The lowest BCUT2D eigenvalue weighted by molar-refractivity contribution is 0.0860. The Bertz CT molecular complexity index is 683. The summed E-state index contributed by atoms with van der Waals surface area (Å²) >= 11 is 5.71. The lowest BCUT2D eigenvalue weighted by Crippen LogP contribution is -2.24.